The molecule has 2 aromatic carbocycles. The first-order valence-electron chi connectivity index (χ1n) is 10.4. The number of rotatable bonds is 5. The van der Waals surface area contributed by atoms with E-state index in [0.717, 1.165) is 22.4 Å². The van der Waals surface area contributed by atoms with Crippen LogP contribution in [0.25, 0.3) is 0 Å². The molecule has 0 radical (unpaired) electrons. The summed E-state index contributed by atoms with van der Waals surface area (Å²) in [6.07, 6.45) is -0.324. The predicted molar refractivity (Wildman–Crippen MR) is 112 cm³/mol. The van der Waals surface area contributed by atoms with Crippen molar-refractivity contribution in [1.29, 1.82) is 0 Å². The number of hydrogen-bond donors (Lipinski definition) is 0. The van der Waals surface area contributed by atoms with Crippen molar-refractivity contribution in [1.82, 2.24) is 9.80 Å². The Morgan fingerprint density at radius 3 is 2.52 bits per heavy atom. The summed E-state index contributed by atoms with van der Waals surface area (Å²) >= 11 is 0. The molecular weight excluding hydrogens is 396 g/mol. The number of ether oxygens (including phenoxy) is 1. The van der Waals surface area contributed by atoms with Gasteiger partial charge >= 0.3 is 5.97 Å². The number of benzene rings is 2. The van der Waals surface area contributed by atoms with Crippen molar-refractivity contribution in [2.24, 2.45) is 0 Å². The molecule has 0 bridgehead atoms. The molecule has 1 unspecified atom stereocenters. The quantitative estimate of drug-likeness (QED) is 0.548. The molecule has 0 saturated carbocycles. The van der Waals surface area contributed by atoms with Gasteiger partial charge in [-0.05, 0) is 43.5 Å². The van der Waals surface area contributed by atoms with E-state index in [1.54, 1.807) is 30.0 Å². The molecule has 0 saturated heterocycles. The molecule has 0 aromatic heterocycles. The fourth-order valence-corrected chi connectivity index (χ4v) is 4.06. The Kier molecular flexibility index (Phi) is 5.59. The van der Waals surface area contributed by atoms with E-state index in [9.17, 15) is 19.2 Å². The number of esters is 1. The van der Waals surface area contributed by atoms with E-state index in [1.807, 2.05) is 25.1 Å². The number of carbonyl (C=O) groups excluding carboxylic acids is 4. The van der Waals surface area contributed by atoms with Crippen LogP contribution in [0.1, 0.15) is 50.8 Å². The van der Waals surface area contributed by atoms with Crippen molar-refractivity contribution in [3.05, 3.63) is 70.3 Å². The molecule has 7 heteroatoms. The molecule has 3 amide bonds. The SMILES string of the molecule is Cc1ccc2c(c1)C(=O)N(CCC(=O)OC(C)C(=O)N1CCc3ccccc3C1)C2=O. The lowest BCUT2D eigenvalue weighted by Gasteiger charge is -2.30. The maximum atomic E-state index is 12.7. The van der Waals surface area contributed by atoms with Crippen molar-refractivity contribution in [2.75, 3.05) is 13.1 Å². The Balaban J connectivity index is 1.31. The van der Waals surface area contributed by atoms with E-state index < -0.39 is 23.9 Å². The van der Waals surface area contributed by atoms with Crippen LogP contribution in [-0.2, 0) is 27.3 Å². The van der Waals surface area contributed by atoms with Gasteiger partial charge in [-0.25, -0.2) is 0 Å². The highest BCUT2D eigenvalue weighted by molar-refractivity contribution is 6.21. The minimum absolute atomic E-state index is 0.0811. The number of nitrogens with zero attached hydrogens (tertiary/aromatic N) is 2. The molecule has 0 aliphatic carbocycles. The second-order valence-corrected chi connectivity index (χ2v) is 7.97. The van der Waals surface area contributed by atoms with E-state index in [1.165, 1.54) is 5.56 Å². The minimum atomic E-state index is -0.928. The molecule has 31 heavy (non-hydrogen) atoms. The van der Waals surface area contributed by atoms with Gasteiger partial charge in [-0.2, -0.15) is 0 Å². The standard InChI is InChI=1S/C24H24N2O5/c1-15-7-8-19-20(13-15)24(30)26(23(19)29)12-10-21(27)31-16(2)22(28)25-11-9-17-5-3-4-6-18(17)14-25/h3-8,13,16H,9-12,14H2,1-2H3. The highest BCUT2D eigenvalue weighted by Crippen LogP contribution is 2.24. The first kappa shape index (κ1) is 20.8. The van der Waals surface area contributed by atoms with Gasteiger partial charge in [0.1, 0.15) is 0 Å². The van der Waals surface area contributed by atoms with Gasteiger partial charge in [0.25, 0.3) is 17.7 Å². The molecule has 160 valence electrons. The van der Waals surface area contributed by atoms with Gasteiger partial charge in [0.2, 0.25) is 0 Å². The number of amides is 3. The lowest BCUT2D eigenvalue weighted by atomic mass is 9.99. The lowest BCUT2D eigenvalue weighted by Crippen LogP contribution is -2.43. The Morgan fingerprint density at radius 1 is 1.03 bits per heavy atom. The topological polar surface area (TPSA) is 84.0 Å². The van der Waals surface area contributed by atoms with E-state index in [4.69, 9.17) is 4.74 Å². The smallest absolute Gasteiger partial charge is 0.308 e. The largest absolute Gasteiger partial charge is 0.452 e. The number of carbonyl (C=O) groups is 4. The van der Waals surface area contributed by atoms with Gasteiger partial charge < -0.3 is 9.64 Å². The van der Waals surface area contributed by atoms with Crippen LogP contribution in [0.15, 0.2) is 42.5 Å². The first-order chi connectivity index (χ1) is 14.8. The fourth-order valence-electron chi connectivity index (χ4n) is 4.06. The third kappa shape index (κ3) is 4.08. The zero-order valence-corrected chi connectivity index (χ0v) is 17.6. The number of fused-ring (bicyclic) bond motifs is 2. The van der Waals surface area contributed by atoms with E-state index in [-0.39, 0.29) is 18.9 Å². The Morgan fingerprint density at radius 2 is 1.74 bits per heavy atom. The van der Waals surface area contributed by atoms with Crippen molar-refractivity contribution < 1.29 is 23.9 Å². The van der Waals surface area contributed by atoms with E-state index >= 15 is 0 Å². The molecular formula is C24H24N2O5. The molecule has 1 atom stereocenters. The van der Waals surface area contributed by atoms with Gasteiger partial charge in [-0.3, -0.25) is 24.1 Å². The summed E-state index contributed by atoms with van der Waals surface area (Å²) < 4.78 is 5.30. The van der Waals surface area contributed by atoms with Crippen LogP contribution in [0.5, 0.6) is 0 Å². The average Bonchev–Trinajstić information content (AvgIpc) is 3.00. The van der Waals surface area contributed by atoms with Crippen LogP contribution in [0.2, 0.25) is 0 Å². The van der Waals surface area contributed by atoms with Crippen LogP contribution in [0, 0.1) is 6.92 Å². The first-order valence-corrected chi connectivity index (χ1v) is 10.4. The maximum absolute atomic E-state index is 12.7. The zero-order valence-electron chi connectivity index (χ0n) is 17.6. The van der Waals surface area contributed by atoms with Gasteiger partial charge in [0.15, 0.2) is 6.10 Å². The third-order valence-electron chi connectivity index (χ3n) is 5.76. The summed E-state index contributed by atoms with van der Waals surface area (Å²) in [4.78, 5) is 52.7. The molecule has 4 rings (SSSR count). The zero-order chi connectivity index (χ0) is 22.1. The van der Waals surface area contributed by atoms with Crippen molar-refractivity contribution >= 4 is 23.7 Å². The van der Waals surface area contributed by atoms with Gasteiger partial charge in [0, 0.05) is 19.6 Å². The number of imide groups is 1. The van der Waals surface area contributed by atoms with Gasteiger partial charge in [-0.15, -0.1) is 0 Å². The van der Waals surface area contributed by atoms with Crippen molar-refractivity contribution in [3.63, 3.8) is 0 Å². The van der Waals surface area contributed by atoms with Crippen LogP contribution >= 0.6 is 0 Å². The van der Waals surface area contributed by atoms with Gasteiger partial charge in [0.05, 0.1) is 17.5 Å². The molecule has 0 fully saturated rings. The molecule has 2 heterocycles. The van der Waals surface area contributed by atoms with Crippen LogP contribution in [0.4, 0.5) is 0 Å². The van der Waals surface area contributed by atoms with E-state index in [0.29, 0.717) is 24.2 Å². The molecule has 7 nitrogen and oxygen atoms in total. The summed E-state index contributed by atoms with van der Waals surface area (Å²) in [5, 5.41) is 0. The summed E-state index contributed by atoms with van der Waals surface area (Å²) in [7, 11) is 0. The lowest BCUT2D eigenvalue weighted by molar-refractivity contribution is -0.159. The number of hydrogen-bond acceptors (Lipinski definition) is 5. The maximum Gasteiger partial charge on any atom is 0.308 e. The number of aryl methyl sites for hydroxylation is 1. The second-order valence-electron chi connectivity index (χ2n) is 7.97. The summed E-state index contributed by atoms with van der Waals surface area (Å²) in [6.45, 7) is 4.38. The highest BCUT2D eigenvalue weighted by Gasteiger charge is 2.36. The minimum Gasteiger partial charge on any atom is -0.452 e. The molecule has 0 N–H and O–H groups in total. The van der Waals surface area contributed by atoms with Crippen molar-refractivity contribution in [3.8, 4) is 0 Å². The summed E-state index contributed by atoms with van der Waals surface area (Å²) in [6, 6.07) is 13.0. The Labute approximate surface area is 180 Å². The van der Waals surface area contributed by atoms with Crippen LogP contribution in [0.3, 0.4) is 0 Å². The summed E-state index contributed by atoms with van der Waals surface area (Å²) in [5.41, 5.74) is 3.91. The van der Waals surface area contributed by atoms with Crippen LogP contribution < -0.4 is 0 Å². The van der Waals surface area contributed by atoms with Gasteiger partial charge in [-0.1, -0.05) is 35.9 Å². The highest BCUT2D eigenvalue weighted by atomic mass is 16.5. The normalized spacial score (nSPS) is 16.1. The second kappa shape index (κ2) is 8.34. The van der Waals surface area contributed by atoms with Crippen LogP contribution in [-0.4, -0.2) is 52.7 Å². The van der Waals surface area contributed by atoms with Crippen molar-refractivity contribution in [2.45, 2.75) is 39.3 Å². The summed E-state index contributed by atoms with van der Waals surface area (Å²) in [5.74, 6) is -1.69. The fraction of sp³-hybridized carbons (Fsp3) is 0.333. The Bertz CT molecular complexity index is 1080. The predicted octanol–water partition coefficient (Wildman–Crippen LogP) is 2.50. The Hall–Kier alpha value is -3.48. The molecule has 2 aromatic rings. The molecule has 0 spiro atoms. The average molecular weight is 420 g/mol. The third-order valence-corrected chi connectivity index (χ3v) is 5.76. The monoisotopic (exact) mass is 420 g/mol. The van der Waals surface area contributed by atoms with E-state index in [2.05, 4.69) is 6.07 Å². The molecule has 2 aliphatic rings. The molecule has 2 aliphatic heterocycles.